The van der Waals surface area contributed by atoms with Crippen molar-refractivity contribution >= 4 is 41.1 Å². The van der Waals surface area contributed by atoms with E-state index in [1.807, 2.05) is 6.07 Å². The third-order valence-electron chi connectivity index (χ3n) is 4.58. The number of hydrogen-bond donors (Lipinski definition) is 3. The first-order valence-corrected chi connectivity index (χ1v) is 10.6. The van der Waals surface area contributed by atoms with Gasteiger partial charge in [0, 0.05) is 29.1 Å². The highest BCUT2D eigenvalue weighted by Crippen LogP contribution is 2.30. The van der Waals surface area contributed by atoms with E-state index in [4.69, 9.17) is 33.7 Å². The van der Waals surface area contributed by atoms with Crippen LogP contribution in [0.25, 0.3) is 0 Å². The zero-order chi connectivity index (χ0) is 22.8. The van der Waals surface area contributed by atoms with Crippen LogP contribution in [0.3, 0.4) is 0 Å². The molecule has 0 aromatic heterocycles. The van der Waals surface area contributed by atoms with Crippen LogP contribution in [0.1, 0.15) is 47.2 Å². The second-order valence-corrected chi connectivity index (χ2v) is 7.79. The number of amides is 3. The molecule has 0 aliphatic rings. The molecule has 0 aliphatic carbocycles. The SMILES string of the molecule is CCCC(CNC(=O)COC(=O)c1ccc(CNC(N)=O)cc1)c1ccc(Cl)cc1Cl. The zero-order valence-corrected chi connectivity index (χ0v) is 18.6. The summed E-state index contributed by atoms with van der Waals surface area (Å²) >= 11 is 12.3. The first kappa shape index (κ1) is 24.5. The predicted octanol–water partition coefficient (Wildman–Crippen LogP) is 4.02. The summed E-state index contributed by atoms with van der Waals surface area (Å²) in [5.74, 6) is -0.992. The molecule has 0 radical (unpaired) electrons. The number of halogens is 2. The van der Waals surface area contributed by atoms with E-state index in [0.717, 1.165) is 24.0 Å². The van der Waals surface area contributed by atoms with Crippen LogP contribution in [0.4, 0.5) is 4.79 Å². The van der Waals surface area contributed by atoms with Gasteiger partial charge in [0.1, 0.15) is 0 Å². The molecule has 2 aromatic carbocycles. The van der Waals surface area contributed by atoms with Crippen LogP contribution < -0.4 is 16.4 Å². The van der Waals surface area contributed by atoms with Gasteiger partial charge < -0.3 is 21.1 Å². The van der Waals surface area contributed by atoms with E-state index in [1.54, 1.807) is 36.4 Å². The van der Waals surface area contributed by atoms with E-state index in [0.29, 0.717) is 22.2 Å². The van der Waals surface area contributed by atoms with Crippen LogP contribution in [-0.2, 0) is 16.1 Å². The summed E-state index contributed by atoms with van der Waals surface area (Å²) in [5.41, 5.74) is 7.00. The van der Waals surface area contributed by atoms with Crippen LogP contribution in [0, 0.1) is 0 Å². The van der Waals surface area contributed by atoms with Crippen molar-refractivity contribution in [1.29, 1.82) is 0 Å². The van der Waals surface area contributed by atoms with Gasteiger partial charge in [0.2, 0.25) is 0 Å². The third-order valence-corrected chi connectivity index (χ3v) is 5.14. The van der Waals surface area contributed by atoms with Crippen LogP contribution in [0.2, 0.25) is 10.0 Å². The maximum Gasteiger partial charge on any atom is 0.338 e. The lowest BCUT2D eigenvalue weighted by molar-refractivity contribution is -0.124. The molecule has 9 heteroatoms. The summed E-state index contributed by atoms with van der Waals surface area (Å²) in [5, 5.41) is 6.36. The molecule has 2 rings (SSSR count). The normalized spacial score (nSPS) is 11.5. The van der Waals surface area contributed by atoms with E-state index in [-0.39, 0.29) is 12.5 Å². The summed E-state index contributed by atoms with van der Waals surface area (Å²) in [7, 11) is 0. The molecule has 166 valence electrons. The first-order valence-electron chi connectivity index (χ1n) is 9.81. The molecule has 3 amide bonds. The van der Waals surface area contributed by atoms with Gasteiger partial charge in [-0.2, -0.15) is 0 Å². The van der Waals surface area contributed by atoms with Crippen LogP contribution >= 0.6 is 23.2 Å². The van der Waals surface area contributed by atoms with Gasteiger partial charge in [-0.25, -0.2) is 9.59 Å². The van der Waals surface area contributed by atoms with E-state index < -0.39 is 24.5 Å². The Bertz CT molecular complexity index is 919. The summed E-state index contributed by atoms with van der Waals surface area (Å²) < 4.78 is 5.08. The third kappa shape index (κ3) is 8.11. The Morgan fingerprint density at radius 2 is 1.77 bits per heavy atom. The number of esters is 1. The molecule has 7 nitrogen and oxygen atoms in total. The molecule has 0 saturated carbocycles. The van der Waals surface area contributed by atoms with Gasteiger partial charge in [0.25, 0.3) is 5.91 Å². The van der Waals surface area contributed by atoms with Gasteiger partial charge in [-0.15, -0.1) is 0 Å². The lowest BCUT2D eigenvalue weighted by Gasteiger charge is -2.19. The van der Waals surface area contributed by atoms with Crippen LogP contribution in [-0.4, -0.2) is 31.1 Å². The second-order valence-electron chi connectivity index (χ2n) is 6.95. The van der Waals surface area contributed by atoms with Crippen molar-refractivity contribution in [3.8, 4) is 0 Å². The minimum Gasteiger partial charge on any atom is -0.452 e. The van der Waals surface area contributed by atoms with Crippen molar-refractivity contribution in [2.75, 3.05) is 13.2 Å². The molecule has 0 fully saturated rings. The van der Waals surface area contributed by atoms with Gasteiger partial charge in [0.05, 0.1) is 5.56 Å². The topological polar surface area (TPSA) is 111 Å². The Balaban J connectivity index is 1.84. The van der Waals surface area contributed by atoms with Crippen molar-refractivity contribution in [3.05, 3.63) is 69.2 Å². The molecular formula is C22H25Cl2N3O4. The van der Waals surface area contributed by atoms with Crippen molar-refractivity contribution in [2.45, 2.75) is 32.2 Å². The number of ether oxygens (including phenoxy) is 1. The number of nitrogens with two attached hydrogens (primary N) is 1. The minimum atomic E-state index is -0.631. The van der Waals surface area contributed by atoms with Crippen LogP contribution in [0.5, 0.6) is 0 Å². The second kappa shape index (κ2) is 12.2. The Hall–Kier alpha value is -2.77. The molecule has 1 atom stereocenters. The Morgan fingerprint density at radius 1 is 1.06 bits per heavy atom. The molecule has 0 saturated heterocycles. The monoisotopic (exact) mass is 465 g/mol. The van der Waals surface area contributed by atoms with E-state index in [9.17, 15) is 14.4 Å². The largest absolute Gasteiger partial charge is 0.452 e. The van der Waals surface area contributed by atoms with Gasteiger partial charge in [0.15, 0.2) is 6.61 Å². The first-order chi connectivity index (χ1) is 14.8. The fraction of sp³-hybridized carbons (Fsp3) is 0.318. The number of rotatable bonds is 10. The molecule has 0 spiro atoms. The quantitative estimate of drug-likeness (QED) is 0.460. The van der Waals surface area contributed by atoms with Crippen molar-refractivity contribution in [2.24, 2.45) is 5.73 Å². The van der Waals surface area contributed by atoms with E-state index >= 15 is 0 Å². The van der Waals surface area contributed by atoms with Crippen molar-refractivity contribution in [1.82, 2.24) is 10.6 Å². The highest BCUT2D eigenvalue weighted by Gasteiger charge is 2.17. The zero-order valence-electron chi connectivity index (χ0n) is 17.1. The lowest BCUT2D eigenvalue weighted by Crippen LogP contribution is -2.32. The summed E-state index contributed by atoms with van der Waals surface area (Å²) in [6.45, 7) is 2.28. The predicted molar refractivity (Wildman–Crippen MR) is 120 cm³/mol. The van der Waals surface area contributed by atoms with Gasteiger partial charge in [-0.3, -0.25) is 4.79 Å². The molecule has 0 heterocycles. The number of hydrogen-bond acceptors (Lipinski definition) is 4. The molecule has 0 bridgehead atoms. The molecule has 2 aromatic rings. The standard InChI is InChI=1S/C22H25Cl2N3O4/c1-2-3-16(18-9-8-17(23)10-19(18)24)12-26-20(28)13-31-21(29)15-6-4-14(5-7-15)11-27-22(25)30/h4-10,16H,2-3,11-13H2,1H3,(H,26,28)(H3,25,27,30). The highest BCUT2D eigenvalue weighted by molar-refractivity contribution is 6.35. The molecular weight excluding hydrogens is 441 g/mol. The number of primary amides is 1. The number of carbonyl (C=O) groups excluding carboxylic acids is 3. The maximum absolute atomic E-state index is 12.2. The lowest BCUT2D eigenvalue weighted by atomic mass is 9.94. The number of benzene rings is 2. The van der Waals surface area contributed by atoms with Gasteiger partial charge >= 0.3 is 12.0 Å². The Morgan fingerprint density at radius 3 is 2.39 bits per heavy atom. The Kier molecular flexibility index (Phi) is 9.62. The average molecular weight is 466 g/mol. The fourth-order valence-corrected chi connectivity index (χ4v) is 3.56. The minimum absolute atomic E-state index is 0.0241. The Labute approximate surface area is 191 Å². The van der Waals surface area contributed by atoms with Crippen LogP contribution in [0.15, 0.2) is 42.5 Å². The van der Waals surface area contributed by atoms with Gasteiger partial charge in [-0.05, 0) is 41.8 Å². The van der Waals surface area contributed by atoms with E-state index in [2.05, 4.69) is 17.6 Å². The molecule has 31 heavy (non-hydrogen) atoms. The summed E-state index contributed by atoms with van der Waals surface area (Å²) in [6.07, 6.45) is 1.75. The molecule has 1 unspecified atom stereocenters. The smallest absolute Gasteiger partial charge is 0.338 e. The van der Waals surface area contributed by atoms with Crippen molar-refractivity contribution in [3.63, 3.8) is 0 Å². The average Bonchev–Trinajstić information content (AvgIpc) is 2.74. The number of urea groups is 1. The van der Waals surface area contributed by atoms with Crippen molar-refractivity contribution < 1.29 is 19.1 Å². The summed E-state index contributed by atoms with van der Waals surface area (Å²) in [4.78, 5) is 35.0. The molecule has 0 aliphatic heterocycles. The number of nitrogens with one attached hydrogen (secondary N) is 2. The van der Waals surface area contributed by atoms with Gasteiger partial charge in [-0.1, -0.05) is 54.7 Å². The summed E-state index contributed by atoms with van der Waals surface area (Å²) in [6, 6.07) is 11.1. The maximum atomic E-state index is 12.2. The number of carbonyl (C=O) groups is 3. The fourth-order valence-electron chi connectivity index (χ4n) is 3.00. The highest BCUT2D eigenvalue weighted by atomic mass is 35.5. The van der Waals surface area contributed by atoms with E-state index in [1.165, 1.54) is 0 Å². The molecule has 4 N–H and O–H groups in total.